The van der Waals surface area contributed by atoms with Gasteiger partial charge in [0.15, 0.2) is 15.9 Å². The van der Waals surface area contributed by atoms with Gasteiger partial charge in [0.1, 0.15) is 5.75 Å². The molecule has 0 radical (unpaired) electrons. The third-order valence-electron chi connectivity index (χ3n) is 3.79. The number of amidine groups is 1. The lowest BCUT2D eigenvalue weighted by Gasteiger charge is -2.23. The molecule has 0 unspecified atom stereocenters. The summed E-state index contributed by atoms with van der Waals surface area (Å²) in [5.41, 5.74) is 2.25. The van der Waals surface area contributed by atoms with Crippen LogP contribution in [0.4, 0.5) is 11.4 Å². The number of nitrogens with one attached hydrogen (secondary N) is 1. The van der Waals surface area contributed by atoms with Gasteiger partial charge in [-0.2, -0.15) is 0 Å². The smallest absolute Gasteiger partial charge is 0.192 e. The molecule has 4 nitrogen and oxygen atoms in total. The fourth-order valence-corrected chi connectivity index (χ4v) is 3.73. The Labute approximate surface area is 166 Å². The van der Waals surface area contributed by atoms with Gasteiger partial charge in [0.2, 0.25) is 0 Å². The standard InChI is InChI=1S/C17H13Cl2N3OS2/c1-9-7-10(18)3-5-12(9)21-15(20)16(24)22(17(21)25)13-8-11(19)4-6-14(13)23-2/h3-8,20H,1-2H3. The number of anilines is 2. The molecular formula is C17H13Cl2N3OS2. The van der Waals surface area contributed by atoms with Crippen molar-refractivity contribution in [2.75, 3.05) is 16.9 Å². The van der Waals surface area contributed by atoms with Crippen LogP contribution >= 0.6 is 47.6 Å². The van der Waals surface area contributed by atoms with Crippen molar-refractivity contribution < 1.29 is 4.74 Å². The fourth-order valence-electron chi connectivity index (χ4n) is 2.63. The first-order chi connectivity index (χ1) is 11.8. The third-order valence-corrected chi connectivity index (χ3v) is 5.00. The largest absolute Gasteiger partial charge is 0.495 e. The molecule has 0 bridgehead atoms. The van der Waals surface area contributed by atoms with Gasteiger partial charge in [-0.25, -0.2) is 0 Å². The Morgan fingerprint density at radius 3 is 2.24 bits per heavy atom. The van der Waals surface area contributed by atoms with Crippen LogP contribution in [-0.4, -0.2) is 23.0 Å². The van der Waals surface area contributed by atoms with Crippen molar-refractivity contribution in [2.45, 2.75) is 6.92 Å². The SMILES string of the molecule is COc1ccc(Cl)cc1N1C(=S)C(=N)N(c2ccc(Cl)cc2C)C1=S. The van der Waals surface area contributed by atoms with Crippen molar-refractivity contribution in [2.24, 2.45) is 0 Å². The van der Waals surface area contributed by atoms with E-state index in [-0.39, 0.29) is 10.8 Å². The van der Waals surface area contributed by atoms with E-state index < -0.39 is 0 Å². The fraction of sp³-hybridized carbons (Fsp3) is 0.118. The van der Waals surface area contributed by atoms with Crippen LogP contribution in [0.3, 0.4) is 0 Å². The molecule has 1 heterocycles. The highest BCUT2D eigenvalue weighted by molar-refractivity contribution is 7.84. The number of hydrogen-bond donors (Lipinski definition) is 1. The van der Waals surface area contributed by atoms with Crippen molar-refractivity contribution in [1.82, 2.24) is 0 Å². The van der Waals surface area contributed by atoms with Gasteiger partial charge in [-0.3, -0.25) is 15.2 Å². The van der Waals surface area contributed by atoms with E-state index in [1.54, 1.807) is 41.2 Å². The number of hydrogen-bond acceptors (Lipinski definition) is 4. The third kappa shape index (κ3) is 3.11. The van der Waals surface area contributed by atoms with Gasteiger partial charge in [-0.05, 0) is 61.1 Å². The minimum Gasteiger partial charge on any atom is -0.495 e. The summed E-state index contributed by atoms with van der Waals surface area (Å²) in [4.78, 5) is 3.51. The number of nitrogens with zero attached hydrogens (tertiary/aromatic N) is 2. The van der Waals surface area contributed by atoms with E-state index in [0.717, 1.165) is 11.3 Å². The molecule has 25 heavy (non-hydrogen) atoms. The summed E-state index contributed by atoms with van der Waals surface area (Å²) in [7, 11) is 1.56. The van der Waals surface area contributed by atoms with Crippen molar-refractivity contribution >= 4 is 74.9 Å². The summed E-state index contributed by atoms with van der Waals surface area (Å²) < 4.78 is 5.40. The second kappa shape index (κ2) is 6.88. The molecule has 0 atom stereocenters. The number of halogens is 2. The Balaban J connectivity index is 2.11. The van der Waals surface area contributed by atoms with Crippen LogP contribution in [0.1, 0.15) is 5.56 Å². The van der Waals surface area contributed by atoms with Gasteiger partial charge in [-0.15, -0.1) is 0 Å². The molecule has 3 rings (SSSR count). The first kappa shape index (κ1) is 18.1. The van der Waals surface area contributed by atoms with Crippen molar-refractivity contribution in [1.29, 1.82) is 5.41 Å². The first-order valence-electron chi connectivity index (χ1n) is 7.22. The first-order valence-corrected chi connectivity index (χ1v) is 8.79. The molecule has 0 aromatic heterocycles. The second-order valence-electron chi connectivity index (χ2n) is 5.35. The van der Waals surface area contributed by atoms with Gasteiger partial charge >= 0.3 is 0 Å². The molecule has 2 aromatic rings. The zero-order chi connectivity index (χ0) is 18.3. The molecule has 2 aromatic carbocycles. The lowest BCUT2D eigenvalue weighted by atomic mass is 10.2. The normalized spacial score (nSPS) is 14.5. The number of methoxy groups -OCH3 is 1. The summed E-state index contributed by atoms with van der Waals surface area (Å²) in [5, 5.41) is 9.94. The van der Waals surface area contributed by atoms with Crippen molar-refractivity contribution in [3.05, 3.63) is 52.0 Å². The lowest BCUT2D eigenvalue weighted by molar-refractivity contribution is 0.416. The summed E-state index contributed by atoms with van der Waals surface area (Å²) in [6.45, 7) is 1.91. The van der Waals surface area contributed by atoms with Crippen molar-refractivity contribution in [3.8, 4) is 5.75 Å². The number of aryl methyl sites for hydroxylation is 1. The monoisotopic (exact) mass is 409 g/mol. The van der Waals surface area contributed by atoms with Crippen LogP contribution in [0.5, 0.6) is 5.75 Å². The highest BCUT2D eigenvalue weighted by Gasteiger charge is 2.39. The molecule has 128 valence electrons. The molecule has 8 heteroatoms. The average molecular weight is 410 g/mol. The topological polar surface area (TPSA) is 39.6 Å². The van der Waals surface area contributed by atoms with E-state index in [0.29, 0.717) is 26.6 Å². The molecule has 0 saturated carbocycles. The summed E-state index contributed by atoms with van der Waals surface area (Å²) >= 11 is 23.2. The Morgan fingerprint density at radius 2 is 1.60 bits per heavy atom. The van der Waals surface area contributed by atoms with Gasteiger partial charge < -0.3 is 4.74 Å². The lowest BCUT2D eigenvalue weighted by Crippen LogP contribution is -2.33. The van der Waals surface area contributed by atoms with Gasteiger partial charge in [0.05, 0.1) is 18.5 Å². The summed E-state index contributed by atoms with van der Waals surface area (Å²) in [6.07, 6.45) is 0. The molecule has 1 aliphatic rings. The number of ether oxygens (including phenoxy) is 1. The predicted molar refractivity (Wildman–Crippen MR) is 112 cm³/mol. The zero-order valence-corrected chi connectivity index (χ0v) is 16.5. The molecule has 0 amide bonds. The molecular weight excluding hydrogens is 397 g/mol. The van der Waals surface area contributed by atoms with E-state index >= 15 is 0 Å². The average Bonchev–Trinajstić information content (AvgIpc) is 2.78. The molecule has 1 saturated heterocycles. The summed E-state index contributed by atoms with van der Waals surface area (Å²) in [5.74, 6) is 0.684. The predicted octanol–water partition coefficient (Wildman–Crippen LogP) is 5.23. The summed E-state index contributed by atoms with van der Waals surface area (Å²) in [6, 6.07) is 10.6. The zero-order valence-electron chi connectivity index (χ0n) is 13.3. The number of thiocarbonyl (C=S) groups is 2. The van der Waals surface area contributed by atoms with E-state index in [4.69, 9.17) is 57.8 Å². The van der Waals surface area contributed by atoms with E-state index in [1.165, 1.54) is 0 Å². The maximum atomic E-state index is 8.44. The molecule has 0 aliphatic carbocycles. The van der Waals surface area contributed by atoms with Crippen LogP contribution in [0.2, 0.25) is 10.0 Å². The van der Waals surface area contributed by atoms with Crippen molar-refractivity contribution in [3.63, 3.8) is 0 Å². The van der Waals surface area contributed by atoms with Gasteiger partial charge in [0, 0.05) is 10.0 Å². The molecule has 1 fully saturated rings. The highest BCUT2D eigenvalue weighted by atomic mass is 35.5. The maximum absolute atomic E-state index is 8.44. The van der Waals surface area contributed by atoms with Crippen LogP contribution in [0.15, 0.2) is 36.4 Å². The molecule has 1 aliphatic heterocycles. The van der Waals surface area contributed by atoms with E-state index in [2.05, 4.69) is 0 Å². The maximum Gasteiger partial charge on any atom is 0.192 e. The quantitative estimate of drug-likeness (QED) is 0.702. The molecule has 1 N–H and O–H groups in total. The number of rotatable bonds is 3. The Kier molecular flexibility index (Phi) is 4.97. The van der Waals surface area contributed by atoms with Crippen LogP contribution in [0.25, 0.3) is 0 Å². The van der Waals surface area contributed by atoms with Gasteiger partial charge in [-0.1, -0.05) is 35.4 Å². The highest BCUT2D eigenvalue weighted by Crippen LogP contribution is 2.37. The number of benzene rings is 2. The molecule has 0 spiro atoms. The second-order valence-corrected chi connectivity index (χ2v) is 6.98. The van der Waals surface area contributed by atoms with Crippen LogP contribution in [-0.2, 0) is 0 Å². The minimum atomic E-state index is 0.118. The Morgan fingerprint density at radius 1 is 0.960 bits per heavy atom. The Bertz CT molecular complexity index is 917. The minimum absolute atomic E-state index is 0.118. The van der Waals surface area contributed by atoms with Gasteiger partial charge in [0.25, 0.3) is 0 Å². The Hall–Kier alpha value is -1.73. The van der Waals surface area contributed by atoms with Crippen LogP contribution < -0.4 is 14.5 Å². The van der Waals surface area contributed by atoms with Crippen LogP contribution in [0, 0.1) is 12.3 Å². The van der Waals surface area contributed by atoms with E-state index in [1.807, 2.05) is 19.1 Å². The van der Waals surface area contributed by atoms with E-state index in [9.17, 15) is 0 Å².